The van der Waals surface area contributed by atoms with Crippen LogP contribution in [0.15, 0.2) is 109 Å². The van der Waals surface area contributed by atoms with Gasteiger partial charge in [-0.1, -0.05) is 91.0 Å². The van der Waals surface area contributed by atoms with Gasteiger partial charge in [0.1, 0.15) is 0 Å². The molecule has 2 heteroatoms. The molecule has 1 aliphatic heterocycles. The highest BCUT2D eigenvalue weighted by Crippen LogP contribution is 2.29. The lowest BCUT2D eigenvalue weighted by atomic mass is 9.94. The Kier molecular flexibility index (Phi) is 5.79. The zero-order valence-electron chi connectivity index (χ0n) is 20.9. The number of hydrogen-bond acceptors (Lipinski definition) is 1. The van der Waals surface area contributed by atoms with Gasteiger partial charge in [0.05, 0.1) is 5.52 Å². The molecule has 0 saturated heterocycles. The first-order chi connectivity index (χ1) is 17.7. The molecule has 0 saturated carbocycles. The zero-order chi connectivity index (χ0) is 24.5. The number of rotatable bonds is 0. The second-order valence-corrected chi connectivity index (χ2v) is 9.47. The monoisotopic (exact) mass is 466 g/mol. The van der Waals surface area contributed by atoms with Gasteiger partial charge in [0.2, 0.25) is 0 Å². The number of aromatic nitrogens is 1. The van der Waals surface area contributed by atoms with E-state index in [1.807, 2.05) is 0 Å². The Morgan fingerprint density at radius 2 is 1.58 bits per heavy atom. The van der Waals surface area contributed by atoms with E-state index < -0.39 is 0 Å². The molecular weight excluding hydrogens is 436 g/mol. The van der Waals surface area contributed by atoms with Crippen LogP contribution in [-0.4, -0.2) is 18.2 Å². The van der Waals surface area contributed by atoms with E-state index in [0.717, 1.165) is 13.0 Å². The Balaban J connectivity index is 1.65. The lowest BCUT2D eigenvalue weighted by molar-refractivity contribution is 1.02. The predicted molar refractivity (Wildman–Crippen MR) is 154 cm³/mol. The van der Waals surface area contributed by atoms with E-state index in [1.165, 1.54) is 55.1 Å². The minimum absolute atomic E-state index is 0.848. The van der Waals surface area contributed by atoms with Gasteiger partial charge >= 0.3 is 0 Å². The molecule has 4 aromatic carbocycles. The van der Waals surface area contributed by atoms with Gasteiger partial charge in [-0.2, -0.15) is 0 Å². The molecule has 0 aliphatic carbocycles. The van der Waals surface area contributed by atoms with Gasteiger partial charge in [-0.25, -0.2) is 0 Å². The lowest BCUT2D eigenvalue weighted by Crippen LogP contribution is -2.28. The fraction of sp³-hybridized carbons (Fsp3) is 0.118. The van der Waals surface area contributed by atoms with Crippen LogP contribution < -0.4 is 15.5 Å². The fourth-order valence-corrected chi connectivity index (χ4v) is 5.40. The number of anilines is 1. The number of para-hydroxylation sites is 1. The molecule has 6 rings (SSSR count). The van der Waals surface area contributed by atoms with Crippen LogP contribution in [-0.2, 0) is 6.42 Å². The average molecular weight is 467 g/mol. The van der Waals surface area contributed by atoms with Crippen molar-refractivity contribution < 1.29 is 0 Å². The maximum atomic E-state index is 2.40. The van der Waals surface area contributed by atoms with Crippen molar-refractivity contribution in [2.75, 3.05) is 18.5 Å². The quantitative estimate of drug-likeness (QED) is 0.254. The molecule has 0 amide bonds. The largest absolute Gasteiger partial charge is 0.371 e. The normalized spacial score (nSPS) is 15.7. The van der Waals surface area contributed by atoms with E-state index in [9.17, 15) is 0 Å². The van der Waals surface area contributed by atoms with Crippen molar-refractivity contribution in [3.8, 4) is 16.8 Å². The van der Waals surface area contributed by atoms with Crippen molar-refractivity contribution in [1.29, 1.82) is 0 Å². The van der Waals surface area contributed by atoms with E-state index in [0.29, 0.717) is 0 Å². The smallest absolute Gasteiger partial charge is 0.0540 e. The molecule has 0 atom stereocenters. The molecular formula is C34H30N2. The number of allylic oxidation sites excluding steroid dienone is 1. The van der Waals surface area contributed by atoms with Crippen molar-refractivity contribution in [3.05, 3.63) is 131 Å². The van der Waals surface area contributed by atoms with Crippen molar-refractivity contribution in [2.24, 2.45) is 0 Å². The molecule has 0 unspecified atom stereocenters. The van der Waals surface area contributed by atoms with E-state index in [1.54, 1.807) is 0 Å². The van der Waals surface area contributed by atoms with Crippen molar-refractivity contribution in [2.45, 2.75) is 13.3 Å². The maximum absolute atomic E-state index is 2.40. The van der Waals surface area contributed by atoms with Gasteiger partial charge in [-0.15, -0.1) is 0 Å². The molecule has 36 heavy (non-hydrogen) atoms. The summed E-state index contributed by atoms with van der Waals surface area (Å²) < 4.78 is 2.40. The molecule has 0 fully saturated rings. The Hall–Kier alpha value is -4.30. The van der Waals surface area contributed by atoms with E-state index in [4.69, 9.17) is 0 Å². The van der Waals surface area contributed by atoms with Crippen LogP contribution in [0.25, 0.3) is 39.9 Å². The Morgan fingerprint density at radius 1 is 0.778 bits per heavy atom. The highest BCUT2D eigenvalue weighted by Gasteiger charge is 2.12. The summed E-state index contributed by atoms with van der Waals surface area (Å²) in [7, 11) is 2.16. The van der Waals surface area contributed by atoms with Gasteiger partial charge in [-0.05, 0) is 65.9 Å². The molecule has 6 bridgehead atoms. The summed E-state index contributed by atoms with van der Waals surface area (Å²) in [5.41, 5.74) is 8.84. The fourth-order valence-electron chi connectivity index (χ4n) is 5.40. The Morgan fingerprint density at radius 3 is 2.50 bits per heavy atom. The first-order valence-corrected chi connectivity index (χ1v) is 12.6. The highest BCUT2D eigenvalue weighted by atomic mass is 15.1. The van der Waals surface area contributed by atoms with E-state index >= 15 is 0 Å². The SMILES string of the molecule is C/C=c1/c2c3ccccc3n1-c1cccc(c1)-c1ccccc1Cc1cccc(c1)N(C)C/C=C\C=2. The summed E-state index contributed by atoms with van der Waals surface area (Å²) in [6, 6.07) is 35.4. The van der Waals surface area contributed by atoms with E-state index in [2.05, 4.69) is 145 Å². The zero-order valence-corrected chi connectivity index (χ0v) is 20.9. The van der Waals surface area contributed by atoms with Crippen LogP contribution in [0.3, 0.4) is 0 Å². The first-order valence-electron chi connectivity index (χ1n) is 12.6. The minimum Gasteiger partial charge on any atom is -0.371 e. The molecule has 0 radical (unpaired) electrons. The molecule has 2 heterocycles. The van der Waals surface area contributed by atoms with Crippen molar-refractivity contribution in [1.82, 2.24) is 4.57 Å². The highest BCUT2D eigenvalue weighted by molar-refractivity contribution is 5.85. The summed E-state index contributed by atoms with van der Waals surface area (Å²) in [5, 5.41) is 3.74. The maximum Gasteiger partial charge on any atom is 0.0540 e. The number of hydrogen-bond donors (Lipinski definition) is 0. The number of likely N-dealkylation sites (N-methyl/N-ethyl adjacent to an activating group) is 1. The van der Waals surface area contributed by atoms with Gasteiger partial charge in [0.25, 0.3) is 0 Å². The number of nitrogens with zero attached hydrogens (tertiary/aromatic N) is 2. The topological polar surface area (TPSA) is 8.17 Å². The minimum atomic E-state index is 0.848. The Bertz CT molecular complexity index is 1720. The predicted octanol–water partition coefficient (Wildman–Crippen LogP) is 6.48. The van der Waals surface area contributed by atoms with Crippen molar-refractivity contribution >= 4 is 28.7 Å². The molecule has 0 spiro atoms. The number of fused-ring (bicyclic) bond motifs is 12. The second-order valence-electron chi connectivity index (χ2n) is 9.47. The van der Waals surface area contributed by atoms with Crippen LogP contribution in [0.1, 0.15) is 18.1 Å². The summed E-state index contributed by atoms with van der Waals surface area (Å²) in [6.07, 6.45) is 9.83. The standard InChI is InChI=1S/C34H30N2/c1-3-33-31-19-8-9-21-35(2)28-15-10-12-25(23-28)22-26-13-4-5-17-30(26)27-14-11-16-29(24-27)36(33)34-20-7-6-18-32(31)34/h3-20,23-24H,21-22H2,1-2H3/b9-8-,31-19+,33-3-. The molecule has 1 aromatic heterocycles. The molecule has 1 aliphatic rings. The van der Waals surface area contributed by atoms with Gasteiger partial charge in [0, 0.05) is 40.9 Å². The Labute approximate surface area is 212 Å². The summed E-state index contributed by atoms with van der Waals surface area (Å²) in [5.74, 6) is 0. The van der Waals surface area contributed by atoms with Crippen LogP contribution in [0, 0.1) is 0 Å². The van der Waals surface area contributed by atoms with Crippen LogP contribution >= 0.6 is 0 Å². The number of benzene rings is 4. The van der Waals surface area contributed by atoms with Gasteiger partial charge in [0.15, 0.2) is 0 Å². The summed E-state index contributed by atoms with van der Waals surface area (Å²) >= 11 is 0. The molecule has 2 nitrogen and oxygen atoms in total. The van der Waals surface area contributed by atoms with Crippen molar-refractivity contribution in [3.63, 3.8) is 0 Å². The van der Waals surface area contributed by atoms with E-state index in [-0.39, 0.29) is 0 Å². The van der Waals surface area contributed by atoms with Crippen LogP contribution in [0.2, 0.25) is 0 Å². The van der Waals surface area contributed by atoms with Gasteiger partial charge < -0.3 is 9.47 Å². The molecule has 176 valence electrons. The lowest BCUT2D eigenvalue weighted by Gasteiger charge is -2.18. The third-order valence-corrected chi connectivity index (χ3v) is 7.18. The third kappa shape index (κ3) is 3.95. The molecule has 5 aromatic rings. The molecule has 0 N–H and O–H groups in total. The van der Waals surface area contributed by atoms with Crippen LogP contribution in [0.5, 0.6) is 0 Å². The third-order valence-electron chi connectivity index (χ3n) is 7.18. The average Bonchev–Trinajstić information content (AvgIpc) is 3.24. The summed E-state index contributed by atoms with van der Waals surface area (Å²) in [6.45, 7) is 2.98. The second kappa shape index (κ2) is 9.39. The first kappa shape index (κ1) is 22.2. The van der Waals surface area contributed by atoms with Gasteiger partial charge in [-0.3, -0.25) is 0 Å². The van der Waals surface area contributed by atoms with Crippen LogP contribution in [0.4, 0.5) is 5.69 Å². The summed E-state index contributed by atoms with van der Waals surface area (Å²) in [4.78, 5) is 2.30.